The Balaban J connectivity index is 1.90. The Hall–Kier alpha value is -1.73. The van der Waals surface area contributed by atoms with Gasteiger partial charge in [-0.15, -0.1) is 0 Å². The van der Waals surface area contributed by atoms with Gasteiger partial charge in [0.2, 0.25) is 5.91 Å². The molecule has 136 valence electrons. The van der Waals surface area contributed by atoms with Crippen molar-refractivity contribution in [1.82, 2.24) is 10.6 Å². The number of esters is 1. The largest absolute Gasteiger partial charge is 0.445 e. The number of Topliss-reactive ketones (excluding diaryl/α,β-unsaturated/α-hetero) is 1. The number of ether oxygens (including phenoxy) is 1. The van der Waals surface area contributed by atoms with Gasteiger partial charge in [0.25, 0.3) is 0 Å². The first-order chi connectivity index (χ1) is 11.7. The third kappa shape index (κ3) is 5.37. The molecule has 1 aromatic rings. The molecule has 1 aliphatic rings. The minimum Gasteiger partial charge on any atom is -0.445 e. The van der Waals surface area contributed by atoms with Crippen LogP contribution in [0.2, 0.25) is 0 Å². The predicted octanol–water partition coefficient (Wildman–Crippen LogP) is 2.27. The maximum absolute atomic E-state index is 12.4. The average Bonchev–Trinajstić information content (AvgIpc) is 3.00. The van der Waals surface area contributed by atoms with Crippen LogP contribution in [-0.4, -0.2) is 37.0 Å². The molecule has 2 atom stereocenters. The van der Waals surface area contributed by atoms with Gasteiger partial charge in [0, 0.05) is 10.0 Å². The van der Waals surface area contributed by atoms with Crippen molar-refractivity contribution in [2.45, 2.75) is 33.4 Å². The van der Waals surface area contributed by atoms with E-state index >= 15 is 0 Å². The Kier molecular flexibility index (Phi) is 6.35. The van der Waals surface area contributed by atoms with E-state index in [4.69, 9.17) is 4.74 Å². The first-order valence-corrected chi connectivity index (χ1v) is 8.99. The molecule has 1 aliphatic heterocycles. The van der Waals surface area contributed by atoms with Gasteiger partial charge < -0.3 is 10.1 Å². The number of amides is 1. The molecule has 1 unspecified atom stereocenters. The second kappa shape index (κ2) is 8.10. The predicted molar refractivity (Wildman–Crippen MR) is 96.9 cm³/mol. The van der Waals surface area contributed by atoms with E-state index < -0.39 is 17.6 Å². The Labute approximate surface area is 155 Å². The number of carbonyl (C=O) groups excluding carboxylic acids is 3. The molecule has 25 heavy (non-hydrogen) atoms. The maximum atomic E-state index is 12.4. The number of ketones is 1. The molecule has 1 heterocycles. The van der Waals surface area contributed by atoms with Crippen molar-refractivity contribution in [3.05, 3.63) is 34.3 Å². The van der Waals surface area contributed by atoms with Crippen molar-refractivity contribution < 1.29 is 19.1 Å². The number of halogens is 1. The van der Waals surface area contributed by atoms with Crippen LogP contribution < -0.4 is 10.6 Å². The Morgan fingerprint density at radius 2 is 1.88 bits per heavy atom. The van der Waals surface area contributed by atoms with Crippen LogP contribution in [0.15, 0.2) is 28.7 Å². The van der Waals surface area contributed by atoms with E-state index in [1.807, 2.05) is 0 Å². The minimum absolute atomic E-state index is 0.0864. The molecule has 0 bridgehead atoms. The summed E-state index contributed by atoms with van der Waals surface area (Å²) in [5.41, 5.74) is -0.105. The monoisotopic (exact) mass is 410 g/mol. The van der Waals surface area contributed by atoms with Gasteiger partial charge >= 0.3 is 5.97 Å². The molecular formula is C18H23BrN2O4. The van der Waals surface area contributed by atoms with E-state index in [-0.39, 0.29) is 24.2 Å². The van der Waals surface area contributed by atoms with Crippen LogP contribution in [0.3, 0.4) is 0 Å². The molecule has 2 rings (SSSR count). The number of carbonyl (C=O) groups is 3. The highest BCUT2D eigenvalue weighted by molar-refractivity contribution is 9.10. The van der Waals surface area contributed by atoms with E-state index in [0.717, 1.165) is 4.47 Å². The molecule has 0 spiro atoms. The molecule has 1 aromatic carbocycles. The van der Waals surface area contributed by atoms with Crippen LogP contribution in [0.4, 0.5) is 0 Å². The minimum atomic E-state index is -0.658. The second-order valence-corrected chi connectivity index (χ2v) is 7.99. The normalized spacial score (nSPS) is 20.2. The summed E-state index contributed by atoms with van der Waals surface area (Å²) in [6.45, 7) is 5.78. The summed E-state index contributed by atoms with van der Waals surface area (Å²) in [7, 11) is 0. The van der Waals surface area contributed by atoms with Crippen LogP contribution in [0.1, 0.15) is 37.6 Å². The summed E-state index contributed by atoms with van der Waals surface area (Å²) in [5.74, 6) is -1.32. The van der Waals surface area contributed by atoms with Gasteiger partial charge in [0.1, 0.15) is 0 Å². The van der Waals surface area contributed by atoms with Crippen molar-refractivity contribution in [1.29, 1.82) is 0 Å². The van der Waals surface area contributed by atoms with Gasteiger partial charge in [-0.2, -0.15) is 0 Å². The zero-order chi connectivity index (χ0) is 18.6. The van der Waals surface area contributed by atoms with Crippen molar-refractivity contribution in [3.8, 4) is 0 Å². The topological polar surface area (TPSA) is 84.5 Å². The lowest BCUT2D eigenvalue weighted by Gasteiger charge is -2.24. The van der Waals surface area contributed by atoms with Gasteiger partial charge in [0.15, 0.2) is 12.0 Å². The summed E-state index contributed by atoms with van der Waals surface area (Å²) < 4.78 is 6.30. The Morgan fingerprint density at radius 3 is 2.48 bits per heavy atom. The van der Waals surface area contributed by atoms with E-state index in [1.54, 1.807) is 45.0 Å². The fourth-order valence-corrected chi connectivity index (χ4v) is 2.66. The Bertz CT molecular complexity index is 652. The first-order valence-electron chi connectivity index (χ1n) is 8.19. The average molecular weight is 411 g/mol. The summed E-state index contributed by atoms with van der Waals surface area (Å²) in [4.78, 5) is 36.5. The highest BCUT2D eigenvalue weighted by Crippen LogP contribution is 2.22. The van der Waals surface area contributed by atoms with E-state index in [0.29, 0.717) is 18.5 Å². The van der Waals surface area contributed by atoms with Crippen molar-refractivity contribution in [2.24, 2.45) is 11.3 Å². The maximum Gasteiger partial charge on any atom is 0.312 e. The lowest BCUT2D eigenvalue weighted by molar-refractivity contribution is -0.162. The lowest BCUT2D eigenvalue weighted by atomic mass is 9.97. The summed E-state index contributed by atoms with van der Waals surface area (Å²) in [5, 5.41) is 5.67. The zero-order valence-corrected chi connectivity index (χ0v) is 16.2. The SMILES string of the molecule is CC(C)(C)C(=O)OC1NCC[C@@H]1C(=O)NCC(=O)c1ccc(Br)cc1. The van der Waals surface area contributed by atoms with Crippen molar-refractivity contribution in [3.63, 3.8) is 0 Å². The summed E-state index contributed by atoms with van der Waals surface area (Å²) >= 11 is 3.31. The van der Waals surface area contributed by atoms with E-state index in [1.165, 1.54) is 0 Å². The molecule has 0 aromatic heterocycles. The highest BCUT2D eigenvalue weighted by Gasteiger charge is 2.37. The summed E-state index contributed by atoms with van der Waals surface area (Å²) in [6, 6.07) is 6.95. The first kappa shape index (κ1) is 19.6. The molecule has 2 N–H and O–H groups in total. The molecule has 0 saturated carbocycles. The standard InChI is InChI=1S/C18H23BrN2O4/c1-18(2,3)17(24)25-16-13(8-9-20-16)15(23)21-10-14(22)11-4-6-12(19)7-5-11/h4-7,13,16,20H,8-10H2,1-3H3,(H,21,23)/t13-,16?/m1/s1. The van der Waals surface area contributed by atoms with Crippen LogP contribution in [-0.2, 0) is 14.3 Å². The third-order valence-corrected chi connectivity index (χ3v) is 4.47. The van der Waals surface area contributed by atoms with E-state index in [2.05, 4.69) is 26.6 Å². The number of nitrogens with one attached hydrogen (secondary N) is 2. The summed E-state index contributed by atoms with van der Waals surface area (Å²) in [6.07, 6.45) is -0.102. The van der Waals surface area contributed by atoms with Crippen molar-refractivity contribution >= 4 is 33.6 Å². The van der Waals surface area contributed by atoms with Gasteiger partial charge in [-0.25, -0.2) is 0 Å². The molecule has 1 saturated heterocycles. The third-order valence-electron chi connectivity index (χ3n) is 3.94. The van der Waals surface area contributed by atoms with Gasteiger partial charge in [-0.1, -0.05) is 28.1 Å². The van der Waals surface area contributed by atoms with Crippen molar-refractivity contribution in [2.75, 3.05) is 13.1 Å². The molecule has 1 amide bonds. The number of hydrogen-bond donors (Lipinski definition) is 2. The van der Waals surface area contributed by atoms with Crippen LogP contribution >= 0.6 is 15.9 Å². The number of rotatable bonds is 5. The molecule has 6 nitrogen and oxygen atoms in total. The number of benzene rings is 1. The van der Waals surface area contributed by atoms with Gasteiger partial charge in [0.05, 0.1) is 17.9 Å². The smallest absolute Gasteiger partial charge is 0.312 e. The fourth-order valence-electron chi connectivity index (χ4n) is 2.40. The van der Waals surface area contributed by atoms with Gasteiger partial charge in [-0.3, -0.25) is 19.7 Å². The van der Waals surface area contributed by atoms with Crippen LogP contribution in [0.5, 0.6) is 0 Å². The van der Waals surface area contributed by atoms with Crippen LogP contribution in [0.25, 0.3) is 0 Å². The molecule has 7 heteroatoms. The second-order valence-electron chi connectivity index (χ2n) is 7.07. The lowest BCUT2D eigenvalue weighted by Crippen LogP contribution is -2.43. The molecular weight excluding hydrogens is 388 g/mol. The quantitative estimate of drug-likeness (QED) is 0.574. The van der Waals surface area contributed by atoms with Crippen LogP contribution in [0, 0.1) is 11.3 Å². The van der Waals surface area contributed by atoms with E-state index in [9.17, 15) is 14.4 Å². The van der Waals surface area contributed by atoms with Gasteiger partial charge in [-0.05, 0) is 45.9 Å². The number of hydrogen-bond acceptors (Lipinski definition) is 5. The molecule has 0 aliphatic carbocycles. The molecule has 0 radical (unpaired) electrons. The zero-order valence-electron chi connectivity index (χ0n) is 14.6. The fraction of sp³-hybridized carbons (Fsp3) is 0.500. The highest BCUT2D eigenvalue weighted by atomic mass is 79.9. The Morgan fingerprint density at radius 1 is 1.24 bits per heavy atom. The molecule has 1 fully saturated rings.